The lowest BCUT2D eigenvalue weighted by molar-refractivity contribution is -0.137. The van der Waals surface area contributed by atoms with Crippen molar-refractivity contribution >= 4 is 17.4 Å². The van der Waals surface area contributed by atoms with Crippen molar-refractivity contribution in [3.63, 3.8) is 0 Å². The van der Waals surface area contributed by atoms with Crippen LogP contribution in [0.4, 0.5) is 24.7 Å². The van der Waals surface area contributed by atoms with Crippen LogP contribution in [0.25, 0.3) is 0 Å². The van der Waals surface area contributed by atoms with E-state index in [0.29, 0.717) is 35.7 Å². The van der Waals surface area contributed by atoms with Gasteiger partial charge in [0.1, 0.15) is 5.82 Å². The Labute approximate surface area is 169 Å². The highest BCUT2D eigenvalue weighted by atomic mass is 19.4. The number of carbonyl (C=O) groups excluding carboxylic acids is 1. The quantitative estimate of drug-likeness (QED) is 0.665. The Morgan fingerprint density at radius 3 is 2.24 bits per heavy atom. The zero-order chi connectivity index (χ0) is 21.6. The first-order valence-corrected chi connectivity index (χ1v) is 9.52. The Balaban J connectivity index is 1.97. The van der Waals surface area contributed by atoms with E-state index in [1.165, 1.54) is 18.3 Å². The molecule has 0 saturated carbocycles. The third kappa shape index (κ3) is 6.74. The number of aromatic nitrogens is 1. The molecule has 1 aromatic carbocycles. The summed E-state index contributed by atoms with van der Waals surface area (Å²) in [5.41, 5.74) is 0.156. The first-order valence-electron chi connectivity index (χ1n) is 9.52. The lowest BCUT2D eigenvalue weighted by atomic mass is 10.2. The second kappa shape index (κ2) is 9.73. The van der Waals surface area contributed by atoms with Crippen LogP contribution in [-0.2, 0) is 6.18 Å². The topological polar surface area (TPSA) is 57.3 Å². The molecule has 2 rings (SSSR count). The molecule has 0 atom stereocenters. The van der Waals surface area contributed by atoms with Crippen molar-refractivity contribution < 1.29 is 18.0 Å². The van der Waals surface area contributed by atoms with Crippen LogP contribution in [0.1, 0.15) is 43.6 Å². The zero-order valence-corrected chi connectivity index (χ0v) is 17.0. The third-order valence-electron chi connectivity index (χ3n) is 4.49. The van der Waals surface area contributed by atoms with Gasteiger partial charge in [0.25, 0.3) is 5.91 Å². The molecule has 0 radical (unpaired) electrons. The van der Waals surface area contributed by atoms with Gasteiger partial charge < -0.3 is 10.6 Å². The largest absolute Gasteiger partial charge is 0.416 e. The molecule has 0 aliphatic carbocycles. The number of pyridine rings is 1. The smallest absolute Gasteiger partial charge is 0.351 e. The van der Waals surface area contributed by atoms with Gasteiger partial charge in [-0.05, 0) is 64.1 Å². The number of halogens is 3. The van der Waals surface area contributed by atoms with Gasteiger partial charge in [-0.2, -0.15) is 13.2 Å². The first-order chi connectivity index (χ1) is 13.6. The summed E-state index contributed by atoms with van der Waals surface area (Å²) in [7, 11) is 0. The van der Waals surface area contributed by atoms with Crippen molar-refractivity contribution in [2.75, 3.05) is 18.4 Å². The fourth-order valence-corrected chi connectivity index (χ4v) is 3.04. The van der Waals surface area contributed by atoms with Gasteiger partial charge >= 0.3 is 6.18 Å². The summed E-state index contributed by atoms with van der Waals surface area (Å²) in [5.74, 6) is 0.152. The number of benzene rings is 1. The normalized spacial score (nSPS) is 11.9. The molecular formula is C21H27F3N4O. The predicted octanol–water partition coefficient (Wildman–Crippen LogP) is 4.69. The number of rotatable bonds is 8. The van der Waals surface area contributed by atoms with Gasteiger partial charge in [-0.3, -0.25) is 9.69 Å². The van der Waals surface area contributed by atoms with Gasteiger partial charge in [-0.1, -0.05) is 0 Å². The monoisotopic (exact) mass is 408 g/mol. The van der Waals surface area contributed by atoms with E-state index in [1.807, 2.05) is 0 Å². The average molecular weight is 408 g/mol. The number of nitrogens with zero attached hydrogens (tertiary/aromatic N) is 2. The number of hydrogen-bond donors (Lipinski definition) is 2. The van der Waals surface area contributed by atoms with E-state index < -0.39 is 11.7 Å². The van der Waals surface area contributed by atoms with Crippen LogP contribution >= 0.6 is 0 Å². The van der Waals surface area contributed by atoms with E-state index >= 15 is 0 Å². The molecule has 0 aliphatic heterocycles. The molecule has 5 nitrogen and oxygen atoms in total. The summed E-state index contributed by atoms with van der Waals surface area (Å²) in [6, 6.07) is 8.56. The molecule has 29 heavy (non-hydrogen) atoms. The van der Waals surface area contributed by atoms with E-state index in [1.54, 1.807) is 12.1 Å². The molecule has 1 aromatic heterocycles. The zero-order valence-electron chi connectivity index (χ0n) is 17.0. The Kier molecular flexibility index (Phi) is 7.61. The maximum absolute atomic E-state index is 12.6. The lowest BCUT2D eigenvalue weighted by Crippen LogP contribution is -2.42. The van der Waals surface area contributed by atoms with Gasteiger partial charge in [0.05, 0.1) is 5.56 Å². The van der Waals surface area contributed by atoms with Crippen LogP contribution in [0.15, 0.2) is 42.6 Å². The first kappa shape index (κ1) is 22.7. The number of anilines is 2. The standard InChI is InChI=1S/C21H27F3N4O/c1-14(2)28(15(3)4)12-11-26-20(29)16-9-10-25-19(13-16)27-18-7-5-17(6-8-18)21(22,23)24/h5-10,13-15H,11-12H2,1-4H3,(H,25,27)(H,26,29). The van der Waals surface area contributed by atoms with E-state index in [2.05, 4.69) is 48.2 Å². The molecule has 2 aromatic rings. The van der Waals surface area contributed by atoms with Crippen molar-refractivity contribution in [3.8, 4) is 0 Å². The van der Waals surface area contributed by atoms with Crippen LogP contribution < -0.4 is 10.6 Å². The molecule has 0 bridgehead atoms. The minimum Gasteiger partial charge on any atom is -0.351 e. The van der Waals surface area contributed by atoms with Gasteiger partial charge in [0, 0.05) is 42.6 Å². The molecule has 2 N–H and O–H groups in total. The van der Waals surface area contributed by atoms with Crippen molar-refractivity contribution in [1.82, 2.24) is 15.2 Å². The molecule has 0 fully saturated rings. The highest BCUT2D eigenvalue weighted by Crippen LogP contribution is 2.30. The molecule has 0 saturated heterocycles. The Morgan fingerprint density at radius 2 is 1.69 bits per heavy atom. The Morgan fingerprint density at radius 1 is 1.07 bits per heavy atom. The lowest BCUT2D eigenvalue weighted by Gasteiger charge is -2.30. The number of amides is 1. The summed E-state index contributed by atoms with van der Waals surface area (Å²) in [6.45, 7) is 9.71. The van der Waals surface area contributed by atoms with Gasteiger partial charge in [0.15, 0.2) is 0 Å². The van der Waals surface area contributed by atoms with Crippen molar-refractivity contribution in [3.05, 3.63) is 53.7 Å². The highest BCUT2D eigenvalue weighted by Gasteiger charge is 2.29. The van der Waals surface area contributed by atoms with Crippen LogP contribution in [0.2, 0.25) is 0 Å². The molecule has 0 spiro atoms. The SMILES string of the molecule is CC(C)N(CCNC(=O)c1ccnc(Nc2ccc(C(F)(F)F)cc2)c1)C(C)C. The maximum Gasteiger partial charge on any atom is 0.416 e. The summed E-state index contributed by atoms with van der Waals surface area (Å²) in [6.07, 6.45) is -2.90. The minimum atomic E-state index is -4.38. The van der Waals surface area contributed by atoms with E-state index in [4.69, 9.17) is 0 Å². The highest BCUT2D eigenvalue weighted by molar-refractivity contribution is 5.94. The second-order valence-corrected chi connectivity index (χ2v) is 7.31. The van der Waals surface area contributed by atoms with Crippen molar-refractivity contribution in [2.45, 2.75) is 46.0 Å². The van der Waals surface area contributed by atoms with Gasteiger partial charge in [0.2, 0.25) is 0 Å². The van der Waals surface area contributed by atoms with E-state index in [9.17, 15) is 18.0 Å². The Hall–Kier alpha value is -2.61. The summed E-state index contributed by atoms with van der Waals surface area (Å²) >= 11 is 0. The van der Waals surface area contributed by atoms with Gasteiger partial charge in [-0.25, -0.2) is 4.98 Å². The third-order valence-corrected chi connectivity index (χ3v) is 4.49. The molecular weight excluding hydrogens is 381 g/mol. The van der Waals surface area contributed by atoms with Crippen molar-refractivity contribution in [1.29, 1.82) is 0 Å². The molecule has 0 aliphatic rings. The Bertz CT molecular complexity index is 796. The van der Waals surface area contributed by atoms with Crippen LogP contribution in [0, 0.1) is 0 Å². The fraction of sp³-hybridized carbons (Fsp3) is 0.429. The summed E-state index contributed by atoms with van der Waals surface area (Å²) in [4.78, 5) is 18.8. The fourth-order valence-electron chi connectivity index (χ4n) is 3.04. The molecule has 0 unspecified atom stereocenters. The molecule has 1 amide bonds. The molecule has 8 heteroatoms. The minimum absolute atomic E-state index is 0.227. The van der Waals surface area contributed by atoms with Crippen LogP contribution in [-0.4, -0.2) is 41.0 Å². The van der Waals surface area contributed by atoms with Crippen molar-refractivity contribution in [2.24, 2.45) is 0 Å². The molecule has 1 heterocycles. The van der Waals surface area contributed by atoms with Crippen LogP contribution in [0.3, 0.4) is 0 Å². The number of carbonyl (C=O) groups is 1. The second-order valence-electron chi connectivity index (χ2n) is 7.31. The van der Waals surface area contributed by atoms with E-state index in [-0.39, 0.29) is 5.91 Å². The average Bonchev–Trinajstić information content (AvgIpc) is 2.64. The summed E-state index contributed by atoms with van der Waals surface area (Å²) in [5, 5.41) is 5.81. The maximum atomic E-state index is 12.6. The number of nitrogens with one attached hydrogen (secondary N) is 2. The summed E-state index contributed by atoms with van der Waals surface area (Å²) < 4.78 is 37.9. The predicted molar refractivity (Wildman–Crippen MR) is 108 cm³/mol. The van der Waals surface area contributed by atoms with E-state index in [0.717, 1.165) is 18.7 Å². The number of alkyl halides is 3. The number of hydrogen-bond acceptors (Lipinski definition) is 4. The van der Waals surface area contributed by atoms with Crippen LogP contribution in [0.5, 0.6) is 0 Å². The molecule has 158 valence electrons. The van der Waals surface area contributed by atoms with Gasteiger partial charge in [-0.15, -0.1) is 0 Å².